The fourth-order valence-corrected chi connectivity index (χ4v) is 3.92. The van der Waals surface area contributed by atoms with E-state index in [9.17, 15) is 13.2 Å². The molecule has 1 aliphatic rings. The minimum atomic E-state index is -3.60. The van der Waals surface area contributed by atoms with Gasteiger partial charge in [0.15, 0.2) is 0 Å². The van der Waals surface area contributed by atoms with Gasteiger partial charge in [-0.3, -0.25) is 4.79 Å². The molecule has 0 bridgehead atoms. The zero-order valence-corrected chi connectivity index (χ0v) is 19.1. The fourth-order valence-electron chi connectivity index (χ4n) is 2.99. The SMILES string of the molecule is CC(N)CCNC(=O)c1cc(S(=O)(=O)N(C)C)ccc1N1CCCCC1.Cl.Cl. The number of sulfonamides is 1. The average Bonchev–Trinajstić information content (AvgIpc) is 2.61. The van der Waals surface area contributed by atoms with Crippen LogP contribution in [0, 0.1) is 0 Å². The molecule has 2 rings (SSSR count). The van der Waals surface area contributed by atoms with E-state index in [-0.39, 0.29) is 41.7 Å². The van der Waals surface area contributed by atoms with Crippen LogP contribution in [-0.4, -0.2) is 58.4 Å². The smallest absolute Gasteiger partial charge is 0.253 e. The number of carbonyl (C=O) groups is 1. The van der Waals surface area contributed by atoms with Crippen molar-refractivity contribution in [2.75, 3.05) is 38.6 Å². The summed E-state index contributed by atoms with van der Waals surface area (Å²) in [5.74, 6) is -0.262. The highest BCUT2D eigenvalue weighted by atomic mass is 35.5. The Morgan fingerprint density at radius 1 is 1.21 bits per heavy atom. The van der Waals surface area contributed by atoms with Crippen molar-refractivity contribution in [3.05, 3.63) is 23.8 Å². The Labute approximate surface area is 180 Å². The molecule has 0 aromatic heterocycles. The molecule has 7 nitrogen and oxygen atoms in total. The van der Waals surface area contributed by atoms with Gasteiger partial charge < -0.3 is 16.0 Å². The van der Waals surface area contributed by atoms with Crippen molar-refractivity contribution in [2.45, 2.75) is 43.5 Å². The fraction of sp³-hybridized carbons (Fsp3) is 0.611. The van der Waals surface area contributed by atoms with Gasteiger partial charge in [-0.1, -0.05) is 0 Å². The number of nitrogens with one attached hydrogen (secondary N) is 1. The summed E-state index contributed by atoms with van der Waals surface area (Å²) in [6, 6.07) is 4.82. The maximum Gasteiger partial charge on any atom is 0.253 e. The number of anilines is 1. The van der Waals surface area contributed by atoms with Crippen LogP contribution in [0.3, 0.4) is 0 Å². The van der Waals surface area contributed by atoms with Crippen molar-refractivity contribution in [2.24, 2.45) is 5.73 Å². The summed E-state index contributed by atoms with van der Waals surface area (Å²) >= 11 is 0. The largest absolute Gasteiger partial charge is 0.371 e. The monoisotopic (exact) mass is 454 g/mol. The molecule has 1 heterocycles. The quantitative estimate of drug-likeness (QED) is 0.658. The van der Waals surface area contributed by atoms with E-state index in [2.05, 4.69) is 10.2 Å². The first-order valence-electron chi connectivity index (χ1n) is 9.09. The van der Waals surface area contributed by atoms with Crippen molar-refractivity contribution < 1.29 is 13.2 Å². The molecule has 0 saturated carbocycles. The summed E-state index contributed by atoms with van der Waals surface area (Å²) in [6.07, 6.45) is 3.99. The van der Waals surface area contributed by atoms with Crippen molar-refractivity contribution in [1.82, 2.24) is 9.62 Å². The van der Waals surface area contributed by atoms with Crippen LogP contribution in [0.1, 0.15) is 43.0 Å². The molecular weight excluding hydrogens is 423 g/mol. The number of nitrogens with zero attached hydrogens (tertiary/aromatic N) is 2. The number of hydrogen-bond donors (Lipinski definition) is 2. The molecule has 0 aliphatic carbocycles. The molecule has 1 atom stereocenters. The van der Waals surface area contributed by atoms with Gasteiger partial charge in [-0.2, -0.15) is 0 Å². The lowest BCUT2D eigenvalue weighted by molar-refractivity contribution is 0.0953. The molecule has 10 heteroatoms. The highest BCUT2D eigenvalue weighted by molar-refractivity contribution is 7.89. The summed E-state index contributed by atoms with van der Waals surface area (Å²) in [6.45, 7) is 4.09. The lowest BCUT2D eigenvalue weighted by Gasteiger charge is -2.30. The number of nitrogens with two attached hydrogens (primary N) is 1. The number of piperidine rings is 1. The van der Waals surface area contributed by atoms with Crippen LogP contribution in [0.25, 0.3) is 0 Å². The molecule has 1 amide bonds. The van der Waals surface area contributed by atoms with Gasteiger partial charge >= 0.3 is 0 Å². The third kappa shape index (κ3) is 6.77. The Bertz CT molecular complexity index is 736. The highest BCUT2D eigenvalue weighted by Gasteiger charge is 2.24. The number of carbonyl (C=O) groups excluding carboxylic acids is 1. The molecule has 0 radical (unpaired) electrons. The van der Waals surface area contributed by atoms with Crippen LogP contribution in [0.2, 0.25) is 0 Å². The van der Waals surface area contributed by atoms with Gasteiger partial charge in [-0.05, 0) is 50.8 Å². The van der Waals surface area contributed by atoms with E-state index in [4.69, 9.17) is 5.73 Å². The van der Waals surface area contributed by atoms with E-state index in [1.54, 1.807) is 12.1 Å². The lowest BCUT2D eigenvalue weighted by atomic mass is 10.1. The van der Waals surface area contributed by atoms with Crippen LogP contribution >= 0.6 is 24.8 Å². The zero-order valence-electron chi connectivity index (χ0n) is 16.7. The van der Waals surface area contributed by atoms with E-state index in [0.29, 0.717) is 18.5 Å². The zero-order chi connectivity index (χ0) is 19.3. The summed E-state index contributed by atoms with van der Waals surface area (Å²) in [4.78, 5) is 15.0. The van der Waals surface area contributed by atoms with Gasteiger partial charge in [0.2, 0.25) is 10.0 Å². The minimum absolute atomic E-state index is 0. The third-order valence-electron chi connectivity index (χ3n) is 4.57. The molecular formula is C18H32Cl2N4O3S. The standard InChI is InChI=1S/C18H30N4O3S.2ClH/c1-14(19)9-10-20-18(23)16-13-15(26(24,25)21(2)3)7-8-17(16)22-11-5-4-6-12-22;;/h7-8,13-14H,4-6,9-12,19H2,1-3H3,(H,20,23);2*1H. The number of hydrogen-bond acceptors (Lipinski definition) is 5. The van der Waals surface area contributed by atoms with Gasteiger partial charge in [0, 0.05) is 45.5 Å². The number of amides is 1. The van der Waals surface area contributed by atoms with Gasteiger partial charge in [0.05, 0.1) is 10.5 Å². The van der Waals surface area contributed by atoms with Gasteiger partial charge in [0.25, 0.3) is 5.91 Å². The Balaban J connectivity index is 0.00000364. The van der Waals surface area contributed by atoms with Crippen LogP contribution in [0.4, 0.5) is 5.69 Å². The Kier molecular flexibility index (Phi) is 11.4. The van der Waals surface area contributed by atoms with E-state index >= 15 is 0 Å². The number of benzene rings is 1. The van der Waals surface area contributed by atoms with Crippen LogP contribution in [-0.2, 0) is 10.0 Å². The van der Waals surface area contributed by atoms with E-state index in [1.165, 1.54) is 26.6 Å². The molecule has 162 valence electrons. The molecule has 0 spiro atoms. The summed E-state index contributed by atoms with van der Waals surface area (Å²) in [5.41, 5.74) is 6.93. The molecule has 1 aromatic carbocycles. The second-order valence-corrected chi connectivity index (χ2v) is 9.19. The topological polar surface area (TPSA) is 95.7 Å². The van der Waals surface area contributed by atoms with Crippen LogP contribution < -0.4 is 16.0 Å². The highest BCUT2D eigenvalue weighted by Crippen LogP contribution is 2.27. The van der Waals surface area contributed by atoms with E-state index in [0.717, 1.165) is 35.9 Å². The molecule has 1 unspecified atom stereocenters. The van der Waals surface area contributed by atoms with Gasteiger partial charge in [-0.25, -0.2) is 12.7 Å². The predicted molar refractivity (Wildman–Crippen MR) is 118 cm³/mol. The van der Waals surface area contributed by atoms with Crippen molar-refractivity contribution in [3.8, 4) is 0 Å². The summed E-state index contributed by atoms with van der Waals surface area (Å²) < 4.78 is 26.1. The van der Waals surface area contributed by atoms with Gasteiger partial charge in [0.1, 0.15) is 0 Å². The number of rotatable bonds is 7. The maximum absolute atomic E-state index is 12.8. The van der Waals surface area contributed by atoms with Crippen molar-refractivity contribution >= 4 is 46.4 Å². The average molecular weight is 455 g/mol. The normalized spacial score (nSPS) is 15.4. The van der Waals surface area contributed by atoms with E-state index in [1.807, 2.05) is 6.92 Å². The first-order valence-corrected chi connectivity index (χ1v) is 10.5. The van der Waals surface area contributed by atoms with Crippen LogP contribution in [0.5, 0.6) is 0 Å². The second kappa shape index (κ2) is 11.8. The van der Waals surface area contributed by atoms with E-state index < -0.39 is 10.0 Å². The second-order valence-electron chi connectivity index (χ2n) is 7.04. The van der Waals surface area contributed by atoms with Crippen LogP contribution in [0.15, 0.2) is 23.1 Å². The molecule has 1 aliphatic heterocycles. The van der Waals surface area contributed by atoms with Crippen molar-refractivity contribution in [3.63, 3.8) is 0 Å². The first-order chi connectivity index (χ1) is 12.2. The molecule has 3 N–H and O–H groups in total. The number of halogens is 2. The van der Waals surface area contributed by atoms with Gasteiger partial charge in [-0.15, -0.1) is 24.8 Å². The van der Waals surface area contributed by atoms with Crippen molar-refractivity contribution in [1.29, 1.82) is 0 Å². The Hall–Kier alpha value is -1.06. The third-order valence-corrected chi connectivity index (χ3v) is 6.38. The molecule has 1 saturated heterocycles. The predicted octanol–water partition coefficient (Wildman–Crippen LogP) is 2.24. The Morgan fingerprint density at radius 2 is 1.82 bits per heavy atom. The minimum Gasteiger partial charge on any atom is -0.371 e. The Morgan fingerprint density at radius 3 is 2.36 bits per heavy atom. The lowest BCUT2D eigenvalue weighted by Crippen LogP contribution is -2.34. The summed E-state index contributed by atoms with van der Waals surface area (Å²) in [7, 11) is -0.635. The summed E-state index contributed by atoms with van der Waals surface area (Å²) in [5, 5.41) is 2.86. The molecule has 1 aromatic rings. The molecule has 28 heavy (non-hydrogen) atoms. The first kappa shape index (κ1) is 26.9. The maximum atomic E-state index is 12.8. The molecule has 1 fully saturated rings.